The highest BCUT2D eigenvalue weighted by Gasteiger charge is 2.45. The summed E-state index contributed by atoms with van der Waals surface area (Å²) in [6, 6.07) is 89.5. The van der Waals surface area contributed by atoms with E-state index in [1.165, 1.54) is 86.5 Å². The number of nitrogens with zero attached hydrogens (tertiary/aromatic N) is 2. The second-order valence-corrected chi connectivity index (χ2v) is 17.9. The molecule has 0 aliphatic heterocycles. The van der Waals surface area contributed by atoms with E-state index in [4.69, 9.17) is 0 Å². The summed E-state index contributed by atoms with van der Waals surface area (Å²) in [7, 11) is 0. The molecule has 1 aliphatic rings. The summed E-state index contributed by atoms with van der Waals surface area (Å²) in [5.41, 5.74) is 16.5. The topological polar surface area (TPSA) is 8.17 Å². The van der Waals surface area contributed by atoms with Crippen molar-refractivity contribution in [1.29, 1.82) is 0 Å². The third kappa shape index (κ3) is 5.51. The summed E-state index contributed by atoms with van der Waals surface area (Å²) in [4.78, 5) is 2.41. The molecule has 13 rings (SSSR count). The van der Waals surface area contributed by atoms with Crippen molar-refractivity contribution in [3.8, 4) is 27.9 Å². The first-order valence-corrected chi connectivity index (χ1v) is 22.8. The fourth-order valence-electron chi connectivity index (χ4n) is 10.7. The Balaban J connectivity index is 0.975. The Morgan fingerprint density at radius 2 is 0.875 bits per heavy atom. The first kappa shape index (κ1) is 36.7. The Hall–Kier alpha value is -7.98. The van der Waals surface area contributed by atoms with Crippen molar-refractivity contribution in [2.24, 2.45) is 0 Å². The van der Waals surface area contributed by atoms with E-state index in [0.29, 0.717) is 0 Å². The van der Waals surface area contributed by atoms with Crippen LogP contribution in [-0.2, 0) is 5.41 Å². The minimum Gasteiger partial charge on any atom is -0.310 e. The molecule has 0 saturated heterocycles. The van der Waals surface area contributed by atoms with Gasteiger partial charge in [-0.05, 0) is 123 Å². The normalized spacial score (nSPS) is 12.8. The molecule has 0 amide bonds. The number of rotatable bonds is 7. The molecule has 0 unspecified atom stereocenters. The highest BCUT2D eigenvalue weighted by Crippen LogP contribution is 2.56. The molecule has 0 saturated carbocycles. The lowest BCUT2D eigenvalue weighted by Gasteiger charge is -2.34. The van der Waals surface area contributed by atoms with Gasteiger partial charge in [0.25, 0.3) is 0 Å². The standard InChI is InChI=1S/C61H40N2S/c1-2-16-43(17-3-1)61(55-24-9-4-19-49(55)50-20-5-10-25-56(50)61)44-30-32-45(33-31-44)62(46-34-36-47(37-35-46)63-57-26-11-6-21-51(57)52-22-7-12-27-58(52)63)48-18-14-15-41(39-48)42-29-38-60-54(40-42)53-23-8-13-28-59(53)64-60/h1-40H. The number of aromatic nitrogens is 1. The van der Waals surface area contributed by atoms with E-state index >= 15 is 0 Å². The van der Waals surface area contributed by atoms with Crippen molar-refractivity contribution in [2.75, 3.05) is 4.90 Å². The van der Waals surface area contributed by atoms with Gasteiger partial charge >= 0.3 is 0 Å². The summed E-state index contributed by atoms with van der Waals surface area (Å²) in [6.45, 7) is 0. The molecule has 0 fully saturated rings. The Morgan fingerprint density at radius 1 is 0.344 bits per heavy atom. The Morgan fingerprint density at radius 3 is 1.56 bits per heavy atom. The molecule has 0 radical (unpaired) electrons. The van der Waals surface area contributed by atoms with E-state index in [9.17, 15) is 0 Å². The molecular weight excluding hydrogens is 793 g/mol. The molecule has 64 heavy (non-hydrogen) atoms. The lowest BCUT2D eigenvalue weighted by Crippen LogP contribution is -2.28. The van der Waals surface area contributed by atoms with Crippen molar-refractivity contribution in [3.05, 3.63) is 265 Å². The number of fused-ring (bicyclic) bond motifs is 9. The molecule has 1 aliphatic carbocycles. The van der Waals surface area contributed by atoms with Gasteiger partial charge in [-0.25, -0.2) is 0 Å². The average Bonchev–Trinajstić information content (AvgIpc) is 4.01. The van der Waals surface area contributed by atoms with E-state index < -0.39 is 5.41 Å². The van der Waals surface area contributed by atoms with Gasteiger partial charge in [0.05, 0.1) is 16.4 Å². The first-order chi connectivity index (χ1) is 31.7. The molecular formula is C61H40N2S. The van der Waals surface area contributed by atoms with Crippen molar-refractivity contribution in [3.63, 3.8) is 0 Å². The fourth-order valence-corrected chi connectivity index (χ4v) is 11.8. The van der Waals surface area contributed by atoms with Gasteiger partial charge in [-0.15, -0.1) is 11.3 Å². The van der Waals surface area contributed by atoms with Crippen molar-refractivity contribution < 1.29 is 0 Å². The molecule has 3 heteroatoms. The summed E-state index contributed by atoms with van der Waals surface area (Å²) >= 11 is 1.86. The Labute approximate surface area is 376 Å². The number of hydrogen-bond acceptors (Lipinski definition) is 2. The second-order valence-electron chi connectivity index (χ2n) is 16.8. The molecule has 2 nitrogen and oxygen atoms in total. The lowest BCUT2D eigenvalue weighted by molar-refractivity contribution is 0.768. The zero-order valence-electron chi connectivity index (χ0n) is 34.9. The molecule has 0 spiro atoms. The third-order valence-corrected chi connectivity index (χ3v) is 14.6. The fraction of sp³-hybridized carbons (Fsp3) is 0.0164. The summed E-state index contributed by atoms with van der Waals surface area (Å²) < 4.78 is 5.02. The first-order valence-electron chi connectivity index (χ1n) is 22.0. The van der Waals surface area contributed by atoms with Gasteiger partial charge in [0.15, 0.2) is 0 Å². The van der Waals surface area contributed by atoms with Crippen LogP contribution in [-0.4, -0.2) is 4.57 Å². The number of thiophene rings is 1. The number of benzene rings is 10. The van der Waals surface area contributed by atoms with Crippen LogP contribution >= 0.6 is 11.3 Å². The smallest absolute Gasteiger partial charge is 0.0713 e. The lowest BCUT2D eigenvalue weighted by atomic mass is 9.68. The van der Waals surface area contributed by atoms with Gasteiger partial charge in [0.1, 0.15) is 0 Å². The minimum atomic E-state index is -0.466. The maximum Gasteiger partial charge on any atom is 0.0713 e. The van der Waals surface area contributed by atoms with E-state index in [-0.39, 0.29) is 0 Å². The Bertz CT molecular complexity index is 3630. The quantitative estimate of drug-likeness (QED) is 0.155. The second kappa shape index (κ2) is 14.6. The van der Waals surface area contributed by atoms with Crippen LogP contribution < -0.4 is 4.90 Å². The Kier molecular flexibility index (Phi) is 8.34. The van der Waals surface area contributed by atoms with Crippen LogP contribution in [0.2, 0.25) is 0 Å². The van der Waals surface area contributed by atoms with Crippen molar-refractivity contribution in [2.45, 2.75) is 5.41 Å². The van der Waals surface area contributed by atoms with Crippen LogP contribution in [0.25, 0.3) is 69.9 Å². The molecule has 2 aromatic heterocycles. The number of hydrogen-bond donors (Lipinski definition) is 0. The number of para-hydroxylation sites is 2. The van der Waals surface area contributed by atoms with Crippen LogP contribution in [0.5, 0.6) is 0 Å². The molecule has 12 aromatic rings. The predicted molar refractivity (Wildman–Crippen MR) is 271 cm³/mol. The maximum atomic E-state index is 2.41. The molecule has 300 valence electrons. The summed E-state index contributed by atoms with van der Waals surface area (Å²) in [5, 5.41) is 5.13. The highest BCUT2D eigenvalue weighted by molar-refractivity contribution is 7.25. The summed E-state index contributed by atoms with van der Waals surface area (Å²) in [5.74, 6) is 0. The van der Waals surface area contributed by atoms with Crippen molar-refractivity contribution >= 4 is 70.4 Å². The molecule has 0 bridgehead atoms. The minimum absolute atomic E-state index is 0.466. The van der Waals surface area contributed by atoms with Gasteiger partial charge in [0.2, 0.25) is 0 Å². The highest BCUT2D eigenvalue weighted by atomic mass is 32.1. The van der Waals surface area contributed by atoms with Gasteiger partial charge in [-0.1, -0.05) is 164 Å². The molecule has 10 aromatic carbocycles. The zero-order chi connectivity index (χ0) is 42.2. The van der Waals surface area contributed by atoms with Crippen LogP contribution in [0.4, 0.5) is 17.1 Å². The van der Waals surface area contributed by atoms with Gasteiger partial charge in [0, 0.05) is 53.7 Å². The van der Waals surface area contributed by atoms with Gasteiger partial charge < -0.3 is 9.47 Å². The van der Waals surface area contributed by atoms with E-state index in [0.717, 1.165) is 22.7 Å². The van der Waals surface area contributed by atoms with E-state index in [1.807, 2.05) is 11.3 Å². The zero-order valence-corrected chi connectivity index (χ0v) is 35.7. The molecule has 0 N–H and O–H groups in total. The average molecular weight is 833 g/mol. The van der Waals surface area contributed by atoms with Crippen molar-refractivity contribution in [1.82, 2.24) is 4.57 Å². The number of anilines is 3. The van der Waals surface area contributed by atoms with Crippen LogP contribution in [0.15, 0.2) is 243 Å². The van der Waals surface area contributed by atoms with E-state index in [2.05, 4.69) is 252 Å². The third-order valence-electron chi connectivity index (χ3n) is 13.5. The molecule has 0 atom stereocenters. The largest absolute Gasteiger partial charge is 0.310 e. The SMILES string of the molecule is c1ccc(C2(c3ccc(N(c4ccc(-n5c6ccccc6c6ccccc65)cc4)c4cccc(-c5ccc6sc7ccccc7c6c5)c4)cc3)c3ccccc3-c3ccccc32)cc1. The molecule has 2 heterocycles. The van der Waals surface area contributed by atoms with E-state index in [1.54, 1.807) is 0 Å². The van der Waals surface area contributed by atoms with Gasteiger partial charge in [-0.2, -0.15) is 0 Å². The predicted octanol–water partition coefficient (Wildman–Crippen LogP) is 16.7. The monoisotopic (exact) mass is 832 g/mol. The summed E-state index contributed by atoms with van der Waals surface area (Å²) in [6.07, 6.45) is 0. The maximum absolute atomic E-state index is 2.41. The van der Waals surface area contributed by atoms with Crippen LogP contribution in [0, 0.1) is 0 Å². The van der Waals surface area contributed by atoms with Crippen LogP contribution in [0.3, 0.4) is 0 Å². The van der Waals surface area contributed by atoms with Gasteiger partial charge in [-0.3, -0.25) is 0 Å². The van der Waals surface area contributed by atoms with Crippen LogP contribution in [0.1, 0.15) is 22.3 Å².